The molecule has 1 fully saturated rings. The SMILES string of the molecule is Cc1cc(C(=O)NCC(O)CN2CCOCC2)c(C)n1C(C)C. The summed E-state index contributed by atoms with van der Waals surface area (Å²) in [5.74, 6) is -0.119. The van der Waals surface area contributed by atoms with Crippen LogP contribution < -0.4 is 5.32 Å². The largest absolute Gasteiger partial charge is 0.390 e. The Bertz CT molecular complexity index is 533. The number of aromatic nitrogens is 1. The second-order valence-electron chi connectivity index (χ2n) is 6.53. The minimum Gasteiger partial charge on any atom is -0.390 e. The van der Waals surface area contributed by atoms with E-state index >= 15 is 0 Å². The molecule has 0 saturated carbocycles. The van der Waals surface area contributed by atoms with Gasteiger partial charge >= 0.3 is 0 Å². The molecule has 1 atom stereocenters. The number of aryl methyl sites for hydroxylation is 1. The maximum absolute atomic E-state index is 12.4. The number of carbonyl (C=O) groups excluding carboxylic acids is 1. The van der Waals surface area contributed by atoms with Crippen molar-refractivity contribution >= 4 is 5.91 Å². The van der Waals surface area contributed by atoms with Gasteiger partial charge in [-0.1, -0.05) is 0 Å². The molecule has 1 aromatic rings. The number of β-amino-alcohol motifs (C(OH)–C–C–N with tert-alkyl or cyclic N) is 1. The van der Waals surface area contributed by atoms with E-state index in [0.717, 1.165) is 24.5 Å². The molecule has 1 amide bonds. The van der Waals surface area contributed by atoms with E-state index < -0.39 is 6.10 Å². The molecule has 6 heteroatoms. The van der Waals surface area contributed by atoms with Crippen molar-refractivity contribution in [2.75, 3.05) is 39.4 Å². The molecular formula is C17H29N3O3. The van der Waals surface area contributed by atoms with E-state index in [-0.39, 0.29) is 12.5 Å². The lowest BCUT2D eigenvalue weighted by Crippen LogP contribution is -2.44. The number of rotatable bonds is 6. The molecule has 130 valence electrons. The Balaban J connectivity index is 1.88. The Morgan fingerprint density at radius 3 is 2.57 bits per heavy atom. The highest BCUT2D eigenvalue weighted by Gasteiger charge is 2.19. The summed E-state index contributed by atoms with van der Waals surface area (Å²) in [5, 5.41) is 13.0. The average molecular weight is 323 g/mol. The lowest BCUT2D eigenvalue weighted by Gasteiger charge is -2.28. The summed E-state index contributed by atoms with van der Waals surface area (Å²) in [4.78, 5) is 14.5. The van der Waals surface area contributed by atoms with Gasteiger partial charge in [-0.2, -0.15) is 0 Å². The van der Waals surface area contributed by atoms with Crippen LogP contribution in [-0.2, 0) is 4.74 Å². The van der Waals surface area contributed by atoms with Gasteiger partial charge in [0.2, 0.25) is 0 Å². The monoisotopic (exact) mass is 323 g/mol. The van der Waals surface area contributed by atoms with Gasteiger partial charge in [0, 0.05) is 43.6 Å². The van der Waals surface area contributed by atoms with Crippen LogP contribution >= 0.6 is 0 Å². The number of morpholine rings is 1. The lowest BCUT2D eigenvalue weighted by molar-refractivity contribution is 0.0149. The summed E-state index contributed by atoms with van der Waals surface area (Å²) in [7, 11) is 0. The zero-order valence-corrected chi connectivity index (χ0v) is 14.6. The molecule has 0 bridgehead atoms. The molecule has 1 aliphatic rings. The summed E-state index contributed by atoms with van der Waals surface area (Å²) in [5.41, 5.74) is 2.74. The Hall–Kier alpha value is -1.37. The Kier molecular flexibility index (Phi) is 6.21. The number of hydrogen-bond acceptors (Lipinski definition) is 4. The van der Waals surface area contributed by atoms with Gasteiger partial charge in [0.05, 0.1) is 24.9 Å². The van der Waals surface area contributed by atoms with Gasteiger partial charge in [0.15, 0.2) is 0 Å². The van der Waals surface area contributed by atoms with Crippen molar-refractivity contribution in [1.29, 1.82) is 0 Å². The van der Waals surface area contributed by atoms with Crippen LogP contribution in [0.4, 0.5) is 0 Å². The summed E-state index contributed by atoms with van der Waals surface area (Å²) < 4.78 is 7.44. The van der Waals surface area contributed by atoms with Crippen LogP contribution in [0.2, 0.25) is 0 Å². The van der Waals surface area contributed by atoms with E-state index in [4.69, 9.17) is 4.74 Å². The molecule has 1 saturated heterocycles. The van der Waals surface area contributed by atoms with Crippen molar-refractivity contribution < 1.29 is 14.6 Å². The number of amides is 1. The first kappa shape index (κ1) is 18.0. The van der Waals surface area contributed by atoms with Crippen LogP contribution in [0.5, 0.6) is 0 Å². The topological polar surface area (TPSA) is 66.7 Å². The van der Waals surface area contributed by atoms with E-state index in [9.17, 15) is 9.90 Å². The van der Waals surface area contributed by atoms with Gasteiger partial charge in [-0.25, -0.2) is 0 Å². The number of carbonyl (C=O) groups is 1. The number of nitrogens with zero attached hydrogens (tertiary/aromatic N) is 2. The van der Waals surface area contributed by atoms with Gasteiger partial charge in [0.25, 0.3) is 5.91 Å². The molecule has 1 aliphatic heterocycles. The minimum absolute atomic E-state index is 0.119. The fourth-order valence-electron chi connectivity index (χ4n) is 3.25. The molecule has 23 heavy (non-hydrogen) atoms. The Morgan fingerprint density at radius 1 is 1.35 bits per heavy atom. The molecule has 0 spiro atoms. The van der Waals surface area contributed by atoms with Crippen molar-refractivity contribution in [1.82, 2.24) is 14.8 Å². The number of nitrogens with one attached hydrogen (secondary N) is 1. The first-order valence-corrected chi connectivity index (χ1v) is 8.35. The van der Waals surface area contributed by atoms with Crippen molar-refractivity contribution in [3.8, 4) is 0 Å². The van der Waals surface area contributed by atoms with Gasteiger partial charge in [0.1, 0.15) is 0 Å². The third-order valence-corrected chi connectivity index (χ3v) is 4.32. The van der Waals surface area contributed by atoms with Gasteiger partial charge in [-0.05, 0) is 33.8 Å². The molecule has 2 heterocycles. The van der Waals surface area contributed by atoms with Crippen molar-refractivity contribution in [2.24, 2.45) is 0 Å². The molecule has 2 rings (SSSR count). The van der Waals surface area contributed by atoms with Crippen LogP contribution in [-0.4, -0.2) is 66.0 Å². The quantitative estimate of drug-likeness (QED) is 0.823. The van der Waals surface area contributed by atoms with Crippen molar-refractivity contribution in [3.63, 3.8) is 0 Å². The molecule has 6 nitrogen and oxygen atoms in total. The van der Waals surface area contributed by atoms with E-state index in [1.807, 2.05) is 19.9 Å². The fourth-order valence-corrected chi connectivity index (χ4v) is 3.25. The molecule has 1 aromatic heterocycles. The second kappa shape index (κ2) is 7.95. The number of ether oxygens (including phenoxy) is 1. The van der Waals surface area contributed by atoms with E-state index in [1.54, 1.807) is 0 Å². The van der Waals surface area contributed by atoms with Crippen LogP contribution in [0.15, 0.2) is 6.07 Å². The summed E-state index contributed by atoms with van der Waals surface area (Å²) in [6, 6.07) is 2.24. The highest BCUT2D eigenvalue weighted by molar-refractivity contribution is 5.95. The van der Waals surface area contributed by atoms with Crippen molar-refractivity contribution in [2.45, 2.75) is 39.8 Å². The minimum atomic E-state index is -0.564. The summed E-state index contributed by atoms with van der Waals surface area (Å²) in [6.07, 6.45) is -0.564. The Labute approximate surface area is 138 Å². The van der Waals surface area contributed by atoms with Crippen LogP contribution in [0, 0.1) is 13.8 Å². The van der Waals surface area contributed by atoms with Crippen LogP contribution in [0.1, 0.15) is 41.6 Å². The normalized spacial score (nSPS) is 17.5. The van der Waals surface area contributed by atoms with E-state index in [2.05, 4.69) is 28.6 Å². The van der Waals surface area contributed by atoms with Crippen LogP contribution in [0.3, 0.4) is 0 Å². The summed E-state index contributed by atoms with van der Waals surface area (Å²) >= 11 is 0. The van der Waals surface area contributed by atoms with Crippen LogP contribution in [0.25, 0.3) is 0 Å². The average Bonchev–Trinajstić information content (AvgIpc) is 2.81. The molecule has 2 N–H and O–H groups in total. The maximum atomic E-state index is 12.4. The predicted molar refractivity (Wildman–Crippen MR) is 89.9 cm³/mol. The standard InChI is InChI=1S/C17H29N3O3/c1-12(2)20-13(3)9-16(14(20)4)17(22)18-10-15(21)11-19-5-7-23-8-6-19/h9,12,15,21H,5-8,10-11H2,1-4H3,(H,18,22). The smallest absolute Gasteiger partial charge is 0.253 e. The number of aliphatic hydroxyl groups excluding tert-OH is 1. The van der Waals surface area contributed by atoms with E-state index in [1.165, 1.54) is 0 Å². The number of hydrogen-bond donors (Lipinski definition) is 2. The third-order valence-electron chi connectivity index (χ3n) is 4.32. The zero-order valence-electron chi connectivity index (χ0n) is 14.6. The van der Waals surface area contributed by atoms with Gasteiger partial charge in [-0.15, -0.1) is 0 Å². The first-order valence-electron chi connectivity index (χ1n) is 8.35. The lowest BCUT2D eigenvalue weighted by atomic mass is 10.2. The summed E-state index contributed by atoms with van der Waals surface area (Å²) in [6.45, 7) is 12.1. The first-order chi connectivity index (χ1) is 10.9. The molecular weight excluding hydrogens is 294 g/mol. The Morgan fingerprint density at radius 2 is 2.00 bits per heavy atom. The van der Waals surface area contributed by atoms with Gasteiger partial charge in [-0.3, -0.25) is 9.69 Å². The molecule has 0 aliphatic carbocycles. The zero-order chi connectivity index (χ0) is 17.0. The molecule has 0 radical (unpaired) electrons. The molecule has 0 aromatic carbocycles. The second-order valence-corrected chi connectivity index (χ2v) is 6.53. The highest BCUT2D eigenvalue weighted by atomic mass is 16.5. The highest BCUT2D eigenvalue weighted by Crippen LogP contribution is 2.19. The van der Waals surface area contributed by atoms with E-state index in [0.29, 0.717) is 31.4 Å². The fraction of sp³-hybridized carbons (Fsp3) is 0.706. The predicted octanol–water partition coefficient (Wildman–Crippen LogP) is 1.11. The maximum Gasteiger partial charge on any atom is 0.253 e. The third kappa shape index (κ3) is 4.56. The molecule has 1 unspecified atom stereocenters. The number of aliphatic hydroxyl groups is 1. The van der Waals surface area contributed by atoms with Gasteiger partial charge < -0.3 is 19.7 Å². The van der Waals surface area contributed by atoms with Crippen molar-refractivity contribution in [3.05, 3.63) is 23.0 Å².